The average molecular weight is 136 g/mol. The molecule has 0 amide bonds. The molecule has 0 aliphatic heterocycles. The zero-order valence-electron chi connectivity index (χ0n) is 5.24. The first kappa shape index (κ1) is 11.2. The maximum absolute atomic E-state index is 8.58. The van der Waals surface area contributed by atoms with Gasteiger partial charge >= 0.3 is 0 Å². The Bertz CT molecular complexity index is 71.4. The van der Waals surface area contributed by atoms with Gasteiger partial charge in [0.2, 0.25) is 6.29 Å². The zero-order valence-corrected chi connectivity index (χ0v) is 5.24. The van der Waals surface area contributed by atoms with E-state index in [0.29, 0.717) is 0 Å². The Balaban J connectivity index is 0. The van der Waals surface area contributed by atoms with Gasteiger partial charge in [0.1, 0.15) is 6.10 Å². The lowest BCUT2D eigenvalue weighted by atomic mass is 10.4. The molecule has 0 aromatic heterocycles. The number of rotatable bonds is 3. The average Bonchev–Trinajstić information content (AvgIpc) is 1.67. The molecule has 0 saturated carbocycles. The van der Waals surface area contributed by atoms with Crippen LogP contribution in [0.3, 0.4) is 0 Å². The third kappa shape index (κ3) is 5.29. The van der Waals surface area contributed by atoms with Crippen LogP contribution in [0.4, 0.5) is 0 Å². The van der Waals surface area contributed by atoms with E-state index in [4.69, 9.17) is 10.2 Å². The molecule has 0 aliphatic rings. The van der Waals surface area contributed by atoms with Crippen LogP contribution in [0.5, 0.6) is 0 Å². The van der Waals surface area contributed by atoms with Crippen LogP contribution in [0.2, 0.25) is 0 Å². The van der Waals surface area contributed by atoms with E-state index in [2.05, 4.69) is 11.3 Å². The molecule has 0 aliphatic carbocycles. The first-order valence-electron chi connectivity index (χ1n) is 2.31. The highest BCUT2D eigenvalue weighted by atomic mass is 16.6. The van der Waals surface area contributed by atoms with E-state index >= 15 is 0 Å². The molecule has 9 heavy (non-hydrogen) atoms. The van der Waals surface area contributed by atoms with Crippen LogP contribution in [0, 0.1) is 0 Å². The number of hydrogen-bond acceptors (Lipinski definition) is 3. The van der Waals surface area contributed by atoms with E-state index in [1.165, 1.54) is 6.92 Å². The Hall–Kier alpha value is -0.580. The SMILES string of the molecule is C=COC(O)C(C)O.O. The maximum Gasteiger partial charge on any atom is 0.222 e. The largest absolute Gasteiger partial charge is 0.471 e. The molecule has 0 radical (unpaired) electrons. The smallest absolute Gasteiger partial charge is 0.222 e. The zero-order chi connectivity index (χ0) is 6.57. The van der Waals surface area contributed by atoms with Crippen LogP contribution in [-0.4, -0.2) is 28.1 Å². The summed E-state index contributed by atoms with van der Waals surface area (Å²) in [5, 5.41) is 17.1. The van der Waals surface area contributed by atoms with Crippen LogP contribution in [0.1, 0.15) is 6.92 Å². The number of aliphatic hydroxyl groups is 2. The van der Waals surface area contributed by atoms with E-state index in [1.807, 2.05) is 0 Å². The molecule has 2 atom stereocenters. The summed E-state index contributed by atoms with van der Waals surface area (Å²) in [6.07, 6.45) is -0.933. The lowest BCUT2D eigenvalue weighted by molar-refractivity contribution is -0.120. The molecule has 0 aromatic rings. The molecular weight excluding hydrogens is 124 g/mol. The lowest BCUT2D eigenvalue weighted by Crippen LogP contribution is -2.23. The van der Waals surface area contributed by atoms with Gasteiger partial charge in [-0.05, 0) is 6.92 Å². The Morgan fingerprint density at radius 2 is 2.00 bits per heavy atom. The van der Waals surface area contributed by atoms with Gasteiger partial charge in [-0.1, -0.05) is 6.58 Å². The Morgan fingerprint density at radius 3 is 2.11 bits per heavy atom. The van der Waals surface area contributed by atoms with Gasteiger partial charge in [0.25, 0.3) is 0 Å². The van der Waals surface area contributed by atoms with Crippen LogP contribution in [-0.2, 0) is 4.74 Å². The van der Waals surface area contributed by atoms with Crippen LogP contribution in [0.25, 0.3) is 0 Å². The topological polar surface area (TPSA) is 81.2 Å². The summed E-state index contributed by atoms with van der Waals surface area (Å²) >= 11 is 0. The molecule has 4 heteroatoms. The summed E-state index contributed by atoms with van der Waals surface area (Å²) in [5.74, 6) is 0. The summed E-state index contributed by atoms with van der Waals surface area (Å²) in [4.78, 5) is 0. The highest BCUT2D eigenvalue weighted by Gasteiger charge is 2.07. The van der Waals surface area contributed by atoms with Gasteiger partial charge in [0, 0.05) is 0 Å². The number of hydrogen-bond donors (Lipinski definition) is 2. The summed E-state index contributed by atoms with van der Waals surface area (Å²) in [6, 6.07) is 0. The van der Waals surface area contributed by atoms with Crippen LogP contribution >= 0.6 is 0 Å². The second kappa shape index (κ2) is 5.55. The monoisotopic (exact) mass is 136 g/mol. The van der Waals surface area contributed by atoms with E-state index in [0.717, 1.165) is 6.26 Å². The van der Waals surface area contributed by atoms with Crippen molar-refractivity contribution in [3.63, 3.8) is 0 Å². The summed E-state index contributed by atoms with van der Waals surface area (Å²) in [5.41, 5.74) is 0. The Labute approximate surface area is 53.7 Å². The second-order valence-electron chi connectivity index (χ2n) is 1.43. The van der Waals surface area contributed by atoms with Gasteiger partial charge < -0.3 is 20.4 Å². The van der Waals surface area contributed by atoms with Crippen LogP contribution in [0.15, 0.2) is 12.8 Å². The van der Waals surface area contributed by atoms with Gasteiger partial charge in [-0.15, -0.1) is 0 Å². The summed E-state index contributed by atoms with van der Waals surface area (Å²) in [6.45, 7) is 4.61. The second-order valence-corrected chi connectivity index (χ2v) is 1.43. The van der Waals surface area contributed by atoms with Gasteiger partial charge in [-0.25, -0.2) is 0 Å². The standard InChI is InChI=1S/C5H10O3.H2O/c1-3-8-5(7)4(2)6;/h3-7H,1H2,2H3;1H2. The van der Waals surface area contributed by atoms with Crippen molar-refractivity contribution in [3.05, 3.63) is 12.8 Å². The van der Waals surface area contributed by atoms with E-state index in [-0.39, 0.29) is 5.48 Å². The van der Waals surface area contributed by atoms with E-state index in [1.54, 1.807) is 0 Å². The fourth-order valence-electron chi connectivity index (χ4n) is 0.212. The Kier molecular flexibility index (Phi) is 6.94. The van der Waals surface area contributed by atoms with Crippen molar-refractivity contribution in [2.24, 2.45) is 0 Å². The highest BCUT2D eigenvalue weighted by molar-refractivity contribution is 4.55. The van der Waals surface area contributed by atoms with E-state index in [9.17, 15) is 0 Å². The molecule has 0 rings (SSSR count). The molecule has 0 bridgehead atoms. The molecule has 0 saturated heterocycles. The van der Waals surface area contributed by atoms with Gasteiger partial charge in [0.05, 0.1) is 6.26 Å². The molecular formula is C5H12O4. The molecule has 0 fully saturated rings. The van der Waals surface area contributed by atoms with E-state index < -0.39 is 12.4 Å². The molecule has 4 N–H and O–H groups in total. The summed E-state index contributed by atoms with van der Waals surface area (Å²) in [7, 11) is 0. The first-order chi connectivity index (χ1) is 3.68. The molecule has 56 valence electrons. The van der Waals surface area contributed by atoms with Crippen LogP contribution < -0.4 is 0 Å². The third-order valence-electron chi connectivity index (χ3n) is 0.648. The van der Waals surface area contributed by atoms with Crippen molar-refractivity contribution in [1.82, 2.24) is 0 Å². The predicted octanol–water partition coefficient (Wildman–Crippen LogP) is -0.979. The maximum atomic E-state index is 8.58. The fourth-order valence-corrected chi connectivity index (χ4v) is 0.212. The van der Waals surface area contributed by atoms with Gasteiger partial charge in [0.15, 0.2) is 0 Å². The molecule has 2 unspecified atom stereocenters. The molecule has 4 nitrogen and oxygen atoms in total. The van der Waals surface area contributed by atoms with Gasteiger partial charge in [-0.2, -0.15) is 0 Å². The molecule has 0 heterocycles. The Morgan fingerprint density at radius 1 is 1.56 bits per heavy atom. The summed E-state index contributed by atoms with van der Waals surface area (Å²) < 4.78 is 4.37. The quantitative estimate of drug-likeness (QED) is 0.386. The molecule has 0 aromatic carbocycles. The minimum absolute atomic E-state index is 0. The van der Waals surface area contributed by atoms with Crippen molar-refractivity contribution in [1.29, 1.82) is 0 Å². The van der Waals surface area contributed by atoms with Crippen molar-refractivity contribution < 1.29 is 20.4 Å². The third-order valence-corrected chi connectivity index (χ3v) is 0.648. The van der Waals surface area contributed by atoms with Crippen molar-refractivity contribution in [3.8, 4) is 0 Å². The minimum Gasteiger partial charge on any atom is -0.471 e. The van der Waals surface area contributed by atoms with Gasteiger partial charge in [-0.3, -0.25) is 0 Å². The molecule has 0 spiro atoms. The highest BCUT2D eigenvalue weighted by Crippen LogP contribution is 1.92. The number of aliphatic hydroxyl groups excluding tert-OH is 2. The van der Waals surface area contributed by atoms with Crippen molar-refractivity contribution >= 4 is 0 Å². The van der Waals surface area contributed by atoms with Crippen molar-refractivity contribution in [2.75, 3.05) is 0 Å². The normalized spacial score (nSPS) is 15.0. The predicted molar refractivity (Wildman–Crippen MR) is 32.6 cm³/mol. The minimum atomic E-state index is -1.15. The fraction of sp³-hybridized carbons (Fsp3) is 0.600. The first-order valence-corrected chi connectivity index (χ1v) is 2.31. The lowest BCUT2D eigenvalue weighted by Gasteiger charge is -2.11. The van der Waals surface area contributed by atoms with Crippen molar-refractivity contribution in [2.45, 2.75) is 19.3 Å². The number of ether oxygens (including phenoxy) is 1.